The highest BCUT2D eigenvalue weighted by atomic mass is 16.6. The van der Waals surface area contributed by atoms with E-state index in [-0.39, 0.29) is 19.0 Å². The first kappa shape index (κ1) is 22.7. The number of ether oxygens (including phenoxy) is 1. The molecule has 0 aliphatic carbocycles. The van der Waals surface area contributed by atoms with Crippen LogP contribution in [0.15, 0.2) is 0 Å². The lowest BCUT2D eigenvalue weighted by Crippen LogP contribution is -2.58. The van der Waals surface area contributed by atoms with Crippen molar-refractivity contribution < 1.29 is 29.1 Å². The lowest BCUT2D eigenvalue weighted by atomic mass is 10.0. The molecular weight excluding hydrogens is 382 g/mol. The van der Waals surface area contributed by atoms with Crippen molar-refractivity contribution >= 4 is 24.4 Å². The van der Waals surface area contributed by atoms with Crippen molar-refractivity contribution in [1.82, 2.24) is 25.3 Å². The molecular formula is C18H31N5O6. The van der Waals surface area contributed by atoms with Crippen LogP contribution in [-0.2, 0) is 14.3 Å². The van der Waals surface area contributed by atoms with Crippen LogP contribution in [0.3, 0.4) is 0 Å². The molecule has 2 rings (SSSR count). The van der Waals surface area contributed by atoms with Gasteiger partial charge in [0.15, 0.2) is 0 Å². The molecule has 0 aromatic rings. The molecule has 2 atom stereocenters. The fourth-order valence-electron chi connectivity index (χ4n) is 3.34. The average molecular weight is 413 g/mol. The summed E-state index contributed by atoms with van der Waals surface area (Å²) < 4.78 is 5.29. The van der Waals surface area contributed by atoms with E-state index in [1.165, 1.54) is 9.80 Å². The zero-order chi connectivity index (χ0) is 21.9. The van der Waals surface area contributed by atoms with Gasteiger partial charge in [0.05, 0.1) is 6.04 Å². The second-order valence-corrected chi connectivity index (χ2v) is 8.54. The smallest absolute Gasteiger partial charge is 0.410 e. The minimum Gasteiger partial charge on any atom is -0.444 e. The Kier molecular flexibility index (Phi) is 6.93. The number of nitrogens with one attached hydrogen (secondary N) is 1. The Hall–Kier alpha value is -2.56. The molecule has 164 valence electrons. The largest absolute Gasteiger partial charge is 0.444 e. The molecule has 0 aromatic carbocycles. The number of amides is 5. The normalized spacial score (nSPS) is 21.0. The van der Waals surface area contributed by atoms with Gasteiger partial charge >= 0.3 is 12.1 Å². The third-order valence-electron chi connectivity index (χ3n) is 4.83. The van der Waals surface area contributed by atoms with Crippen LogP contribution >= 0.6 is 0 Å². The number of rotatable bonds is 7. The molecule has 2 saturated heterocycles. The Morgan fingerprint density at radius 2 is 1.97 bits per heavy atom. The van der Waals surface area contributed by atoms with E-state index in [2.05, 4.69) is 5.43 Å². The average Bonchev–Trinajstić information content (AvgIpc) is 2.83. The Balaban J connectivity index is 1.85. The van der Waals surface area contributed by atoms with Crippen LogP contribution in [0.4, 0.5) is 9.59 Å². The van der Waals surface area contributed by atoms with E-state index >= 15 is 0 Å². The molecule has 0 radical (unpaired) electrons. The highest BCUT2D eigenvalue weighted by Crippen LogP contribution is 2.21. The van der Waals surface area contributed by atoms with Gasteiger partial charge in [-0.05, 0) is 34.1 Å². The van der Waals surface area contributed by atoms with Gasteiger partial charge in [-0.3, -0.25) is 25.2 Å². The number of hydrazine groups is 1. The maximum atomic E-state index is 12.6. The molecule has 2 N–H and O–H groups in total. The molecule has 2 aliphatic heterocycles. The Labute approximate surface area is 170 Å². The molecule has 0 aromatic heterocycles. The number of carbonyl (C=O) groups excluding carboxylic acids is 4. The van der Waals surface area contributed by atoms with Crippen LogP contribution in [0, 0.1) is 5.92 Å². The second-order valence-electron chi connectivity index (χ2n) is 8.54. The molecule has 11 nitrogen and oxygen atoms in total. The first-order chi connectivity index (χ1) is 13.5. The Morgan fingerprint density at radius 1 is 1.34 bits per heavy atom. The van der Waals surface area contributed by atoms with Gasteiger partial charge in [-0.1, -0.05) is 6.92 Å². The molecule has 11 heteroatoms. The zero-order valence-electron chi connectivity index (χ0n) is 17.6. The van der Waals surface area contributed by atoms with Gasteiger partial charge in [0.1, 0.15) is 11.6 Å². The molecule has 0 saturated carbocycles. The van der Waals surface area contributed by atoms with Crippen molar-refractivity contribution in [3.05, 3.63) is 0 Å². The molecule has 2 heterocycles. The van der Waals surface area contributed by atoms with Gasteiger partial charge in [0.2, 0.25) is 6.41 Å². The topological polar surface area (TPSA) is 123 Å². The fraction of sp³-hybridized carbons (Fsp3) is 0.778. The number of urea groups is 1. The van der Waals surface area contributed by atoms with Gasteiger partial charge in [-0.15, -0.1) is 0 Å². The number of likely N-dealkylation sites (tertiary alicyclic amines) is 1. The zero-order valence-corrected chi connectivity index (χ0v) is 17.6. The highest BCUT2D eigenvalue weighted by Gasteiger charge is 2.41. The summed E-state index contributed by atoms with van der Waals surface area (Å²) in [7, 11) is 0. The molecule has 0 bridgehead atoms. The second kappa shape index (κ2) is 8.85. The third-order valence-corrected chi connectivity index (χ3v) is 4.83. The van der Waals surface area contributed by atoms with Crippen LogP contribution in [0.2, 0.25) is 0 Å². The Morgan fingerprint density at radius 3 is 2.41 bits per heavy atom. The van der Waals surface area contributed by atoms with Gasteiger partial charge in [-0.25, -0.2) is 14.7 Å². The standard InChI is InChI=1S/C18H31N5O6/c1-6-14(22-7-12(2)23(28)16(22)26)15(25)19-21(11-24)10-13-8-20(9-13)17(27)29-18(3,4)5/h11-14,28H,6-10H2,1-5H3,(H,19,25). The monoisotopic (exact) mass is 413 g/mol. The van der Waals surface area contributed by atoms with Crippen molar-refractivity contribution in [2.45, 2.75) is 58.7 Å². The van der Waals surface area contributed by atoms with Crippen molar-refractivity contribution in [3.8, 4) is 0 Å². The predicted molar refractivity (Wildman–Crippen MR) is 101 cm³/mol. The molecule has 2 fully saturated rings. The van der Waals surface area contributed by atoms with Crippen molar-refractivity contribution in [1.29, 1.82) is 0 Å². The van der Waals surface area contributed by atoms with E-state index in [1.807, 2.05) is 0 Å². The summed E-state index contributed by atoms with van der Waals surface area (Å²) in [6, 6.07) is -1.85. The predicted octanol–water partition coefficient (Wildman–Crippen LogP) is 0.637. The van der Waals surface area contributed by atoms with E-state index in [1.54, 1.807) is 34.6 Å². The number of hydrogen-bond donors (Lipinski definition) is 2. The number of carbonyl (C=O) groups is 4. The van der Waals surface area contributed by atoms with Crippen LogP contribution in [0.5, 0.6) is 0 Å². The molecule has 2 aliphatic rings. The summed E-state index contributed by atoms with van der Waals surface area (Å²) in [4.78, 5) is 50.9. The quantitative estimate of drug-likeness (QED) is 0.359. The molecule has 5 amide bonds. The van der Waals surface area contributed by atoms with Gasteiger partial charge in [-0.2, -0.15) is 0 Å². The summed E-state index contributed by atoms with van der Waals surface area (Å²) in [5.41, 5.74) is 1.95. The summed E-state index contributed by atoms with van der Waals surface area (Å²) in [6.07, 6.45) is 0.436. The van der Waals surface area contributed by atoms with Gasteiger partial charge < -0.3 is 14.5 Å². The van der Waals surface area contributed by atoms with E-state index < -0.39 is 35.7 Å². The summed E-state index contributed by atoms with van der Waals surface area (Å²) >= 11 is 0. The van der Waals surface area contributed by atoms with Crippen LogP contribution in [0.25, 0.3) is 0 Å². The van der Waals surface area contributed by atoms with Crippen LogP contribution < -0.4 is 5.43 Å². The van der Waals surface area contributed by atoms with E-state index in [4.69, 9.17) is 4.74 Å². The number of nitrogens with zero attached hydrogens (tertiary/aromatic N) is 4. The van der Waals surface area contributed by atoms with Crippen LogP contribution in [-0.4, -0.2) is 93.4 Å². The van der Waals surface area contributed by atoms with E-state index in [9.17, 15) is 24.4 Å². The lowest BCUT2D eigenvalue weighted by molar-refractivity contribution is -0.137. The van der Waals surface area contributed by atoms with Crippen LogP contribution in [0.1, 0.15) is 41.0 Å². The van der Waals surface area contributed by atoms with Gasteiger partial charge in [0, 0.05) is 32.1 Å². The number of hydroxylamine groups is 2. The summed E-state index contributed by atoms with van der Waals surface area (Å²) in [5.74, 6) is -0.492. The lowest BCUT2D eigenvalue weighted by Gasteiger charge is -2.41. The number of hydrogen-bond acceptors (Lipinski definition) is 6. The summed E-state index contributed by atoms with van der Waals surface area (Å²) in [5, 5.41) is 11.4. The van der Waals surface area contributed by atoms with Crippen molar-refractivity contribution in [2.75, 3.05) is 26.2 Å². The SMILES string of the molecule is CCC(C(=O)NN(C=O)CC1CN(C(=O)OC(C)(C)C)C1)N1CC(C)N(O)C1=O. The molecule has 29 heavy (non-hydrogen) atoms. The summed E-state index contributed by atoms with van der Waals surface area (Å²) in [6.45, 7) is 10.1. The third kappa shape index (κ3) is 5.49. The fourth-order valence-corrected chi connectivity index (χ4v) is 3.34. The first-order valence-corrected chi connectivity index (χ1v) is 9.75. The Bertz CT molecular complexity index is 645. The van der Waals surface area contributed by atoms with E-state index in [0.29, 0.717) is 31.0 Å². The minimum atomic E-state index is -0.802. The van der Waals surface area contributed by atoms with Gasteiger partial charge in [0.25, 0.3) is 5.91 Å². The minimum absolute atomic E-state index is 0.00877. The molecule has 0 spiro atoms. The maximum Gasteiger partial charge on any atom is 0.410 e. The highest BCUT2D eigenvalue weighted by molar-refractivity contribution is 5.88. The van der Waals surface area contributed by atoms with Crippen molar-refractivity contribution in [3.63, 3.8) is 0 Å². The maximum absolute atomic E-state index is 12.6. The first-order valence-electron chi connectivity index (χ1n) is 9.75. The van der Waals surface area contributed by atoms with E-state index in [0.717, 1.165) is 5.01 Å². The molecule has 2 unspecified atom stereocenters. The van der Waals surface area contributed by atoms with Crippen molar-refractivity contribution in [2.24, 2.45) is 5.92 Å².